The fourth-order valence-corrected chi connectivity index (χ4v) is 5.35. The summed E-state index contributed by atoms with van der Waals surface area (Å²) in [5.41, 5.74) is 4.21. The third kappa shape index (κ3) is 8.56. The van der Waals surface area contributed by atoms with Gasteiger partial charge in [-0.3, -0.25) is 0 Å². The predicted molar refractivity (Wildman–Crippen MR) is 175 cm³/mol. The summed E-state index contributed by atoms with van der Waals surface area (Å²) in [6.07, 6.45) is 0.443. The molecule has 5 aromatic rings. The number of unbranched alkanes of at least 4 members (excludes halogenated alkanes) is 1. The maximum atomic E-state index is 12.4. The van der Waals surface area contributed by atoms with Crippen molar-refractivity contribution in [3.63, 3.8) is 0 Å². The van der Waals surface area contributed by atoms with E-state index in [9.17, 15) is 24.8 Å². The Morgan fingerprint density at radius 3 is 2.35 bits per heavy atom. The molecule has 0 amide bonds. The fraction of sp³-hybridized carbons (Fsp3) is 0.273. The largest absolute Gasteiger partial charge is 0.510 e. The number of hydrogen-bond donors (Lipinski definition) is 1. The number of carbonyl (C=O) groups is 2. The lowest BCUT2D eigenvalue weighted by Crippen LogP contribution is -2.18. The van der Waals surface area contributed by atoms with Crippen LogP contribution in [0.3, 0.4) is 0 Å². The van der Waals surface area contributed by atoms with Gasteiger partial charge >= 0.3 is 12.1 Å². The Bertz CT molecular complexity index is 1940. The second-order valence-corrected chi connectivity index (χ2v) is 11.2. The lowest BCUT2D eigenvalue weighted by Gasteiger charge is -2.13. The molecule has 0 bridgehead atoms. The Kier molecular flexibility index (Phi) is 11.2. The Morgan fingerprint density at radius 2 is 1.67 bits per heavy atom. The normalized spacial score (nSPS) is 11.6. The number of rotatable bonds is 15. The van der Waals surface area contributed by atoms with Crippen LogP contribution in [-0.4, -0.2) is 52.1 Å². The highest BCUT2D eigenvalue weighted by Crippen LogP contribution is 2.31. The lowest BCUT2D eigenvalue weighted by molar-refractivity contribution is -0.763. The zero-order chi connectivity index (χ0) is 34.9. The van der Waals surface area contributed by atoms with Crippen molar-refractivity contribution in [3.8, 4) is 22.5 Å². The van der Waals surface area contributed by atoms with Crippen LogP contribution in [0.4, 0.5) is 4.79 Å². The van der Waals surface area contributed by atoms with Crippen molar-refractivity contribution < 1.29 is 34.1 Å². The first-order chi connectivity index (χ1) is 23.6. The number of halogens is 1. The fourth-order valence-electron chi connectivity index (χ4n) is 5.07. The monoisotopic (exact) mass is 689 g/mol. The second kappa shape index (κ2) is 15.8. The van der Waals surface area contributed by atoms with Gasteiger partial charge in [-0.2, -0.15) is 0 Å². The first-order valence-corrected chi connectivity index (χ1v) is 15.7. The Labute approximate surface area is 285 Å². The molecule has 0 spiro atoms. The summed E-state index contributed by atoms with van der Waals surface area (Å²) in [7, 11) is 0. The van der Waals surface area contributed by atoms with Crippen LogP contribution in [-0.2, 0) is 40.5 Å². The van der Waals surface area contributed by atoms with E-state index in [1.54, 1.807) is 35.8 Å². The molecule has 0 aliphatic rings. The van der Waals surface area contributed by atoms with Crippen molar-refractivity contribution in [2.75, 3.05) is 0 Å². The molecule has 1 unspecified atom stereocenters. The number of hydrogen-bond acceptors (Lipinski definition) is 11. The molecule has 0 aliphatic heterocycles. The van der Waals surface area contributed by atoms with Gasteiger partial charge < -0.3 is 24.0 Å². The number of benzene rings is 3. The zero-order valence-electron chi connectivity index (χ0n) is 26.6. The van der Waals surface area contributed by atoms with Gasteiger partial charge in [0.2, 0.25) is 12.1 Å². The minimum atomic E-state index is -1.13. The average molecular weight is 690 g/mol. The van der Waals surface area contributed by atoms with E-state index in [1.807, 2.05) is 48.5 Å². The van der Waals surface area contributed by atoms with E-state index in [0.717, 1.165) is 34.3 Å². The van der Waals surface area contributed by atoms with Crippen LogP contribution in [0.25, 0.3) is 22.5 Å². The van der Waals surface area contributed by atoms with E-state index in [1.165, 1.54) is 0 Å². The van der Waals surface area contributed by atoms with Gasteiger partial charge in [-0.15, -0.1) is 25.1 Å². The summed E-state index contributed by atoms with van der Waals surface area (Å²) in [5, 5.41) is 32.1. The smallest absolute Gasteiger partial charge is 0.476 e. The summed E-state index contributed by atoms with van der Waals surface area (Å²) in [5.74, 6) is -0.209. The van der Waals surface area contributed by atoms with Gasteiger partial charge in [-0.1, -0.05) is 97.7 Å². The van der Waals surface area contributed by atoms with Gasteiger partial charge in [-0.25, -0.2) is 14.6 Å². The molecule has 0 fully saturated rings. The van der Waals surface area contributed by atoms with E-state index < -0.39 is 23.4 Å². The number of carboxylic acids is 1. The molecule has 16 heteroatoms. The molecule has 2 aromatic heterocycles. The summed E-state index contributed by atoms with van der Waals surface area (Å²) in [4.78, 5) is 44.8. The molecule has 1 N–H and O–H groups in total. The highest BCUT2D eigenvalue weighted by atomic mass is 35.5. The summed E-state index contributed by atoms with van der Waals surface area (Å²) in [6, 6.07) is 21.8. The van der Waals surface area contributed by atoms with Crippen molar-refractivity contribution in [3.05, 3.63) is 116 Å². The maximum Gasteiger partial charge on any atom is 0.510 e. The Morgan fingerprint density at radius 1 is 1.00 bits per heavy atom. The van der Waals surface area contributed by atoms with Gasteiger partial charge in [0.05, 0.1) is 0 Å². The second-order valence-electron chi connectivity index (χ2n) is 10.9. The molecule has 0 saturated heterocycles. The van der Waals surface area contributed by atoms with E-state index in [-0.39, 0.29) is 24.1 Å². The van der Waals surface area contributed by atoms with Crippen molar-refractivity contribution in [1.29, 1.82) is 0 Å². The molecule has 3 aromatic carbocycles. The van der Waals surface area contributed by atoms with Crippen LogP contribution >= 0.6 is 11.6 Å². The number of carboxylic acid groups (broad SMARTS) is 1. The van der Waals surface area contributed by atoms with Crippen molar-refractivity contribution in [2.45, 2.75) is 59.1 Å². The quantitative estimate of drug-likeness (QED) is 0.0713. The van der Waals surface area contributed by atoms with Crippen LogP contribution < -0.4 is 0 Å². The molecule has 2 heterocycles. The lowest BCUT2D eigenvalue weighted by atomic mass is 9.98. The molecule has 5 rings (SSSR count). The van der Waals surface area contributed by atoms with E-state index in [4.69, 9.17) is 21.1 Å². The third-order valence-electron chi connectivity index (χ3n) is 7.54. The number of aryl methyl sites for hydroxylation is 1. The number of aromatic nitrogens is 6. The summed E-state index contributed by atoms with van der Waals surface area (Å²) >= 11 is 6.19. The first kappa shape index (κ1) is 34.5. The molecule has 0 saturated carbocycles. The van der Waals surface area contributed by atoms with E-state index >= 15 is 0 Å². The number of aromatic carboxylic acids is 1. The highest BCUT2D eigenvalue weighted by Gasteiger charge is 2.22. The van der Waals surface area contributed by atoms with Crippen molar-refractivity contribution >= 4 is 23.7 Å². The number of nitrogens with zero attached hydrogens (tertiary/aromatic N) is 7. The minimum absolute atomic E-state index is 0.0231. The number of ether oxygens (including phenoxy) is 2. The molecular weight excluding hydrogens is 658 g/mol. The van der Waals surface area contributed by atoms with Crippen molar-refractivity contribution in [2.24, 2.45) is 0 Å². The van der Waals surface area contributed by atoms with Crippen LogP contribution in [0.1, 0.15) is 65.9 Å². The van der Waals surface area contributed by atoms with E-state index in [2.05, 4.69) is 32.2 Å². The average Bonchev–Trinajstić information content (AvgIpc) is 3.71. The molecule has 0 radical (unpaired) electrons. The zero-order valence-corrected chi connectivity index (χ0v) is 27.3. The third-order valence-corrected chi connectivity index (χ3v) is 7.81. The molecule has 15 nitrogen and oxygen atoms in total. The number of carbonyl (C=O) groups excluding carboxylic acids is 1. The van der Waals surface area contributed by atoms with E-state index in [0.29, 0.717) is 41.3 Å². The topological polar surface area (TPSA) is 187 Å². The minimum Gasteiger partial charge on any atom is -0.476 e. The molecule has 0 aliphatic carbocycles. The van der Waals surface area contributed by atoms with Crippen LogP contribution in [0, 0.1) is 10.1 Å². The Balaban J connectivity index is 1.26. The van der Waals surface area contributed by atoms with Gasteiger partial charge in [-0.05, 0) is 46.4 Å². The molecule has 49 heavy (non-hydrogen) atoms. The van der Waals surface area contributed by atoms with Gasteiger partial charge in [0.1, 0.15) is 19.0 Å². The van der Waals surface area contributed by atoms with Crippen molar-refractivity contribution in [1.82, 2.24) is 29.8 Å². The molecular formula is C33H32ClN7O8. The van der Waals surface area contributed by atoms with Crippen LogP contribution in [0.15, 0.2) is 72.8 Å². The Hall–Kier alpha value is -5.83. The standard InChI is InChI=1S/C33H32ClN7O8/c1-3-4-13-28-35-30(34)29(32(42)43)39(28)18-22-14-16-23(17-15-22)26-11-7-8-12-27(26)31-36-38-40(37-31)21(2)49-33(44)47-19-24-9-5-6-10-25(24)20-48-41(45)46/h5-12,14-17,21H,3-4,13,18-20H2,1-2H3,(H,42,43). The SMILES string of the molecule is CCCCc1nc(Cl)c(C(=O)O)n1Cc1ccc(-c2ccccc2-c2nnn(C(C)OC(=O)OCc3ccccc3CO[N+](=O)[O-])n2)cc1. The predicted octanol–water partition coefficient (Wildman–Crippen LogP) is 6.53. The highest BCUT2D eigenvalue weighted by molar-refractivity contribution is 6.32. The maximum absolute atomic E-state index is 12.4. The molecule has 1 atom stereocenters. The van der Waals surface area contributed by atoms with Gasteiger partial charge in [0, 0.05) is 18.5 Å². The number of tetrazole rings is 1. The molecule has 254 valence electrons. The van der Waals surface area contributed by atoms with Gasteiger partial charge in [0.15, 0.2) is 10.8 Å². The van der Waals surface area contributed by atoms with Gasteiger partial charge in [0.25, 0.3) is 5.09 Å². The van der Waals surface area contributed by atoms with Crippen LogP contribution in [0.5, 0.6) is 0 Å². The summed E-state index contributed by atoms with van der Waals surface area (Å²) < 4.78 is 12.2. The first-order valence-electron chi connectivity index (χ1n) is 15.3. The number of imidazole rings is 1. The van der Waals surface area contributed by atoms with Crippen LogP contribution in [0.2, 0.25) is 5.15 Å². The summed E-state index contributed by atoms with van der Waals surface area (Å²) in [6.45, 7) is 3.41.